The van der Waals surface area contributed by atoms with E-state index in [-0.39, 0.29) is 5.97 Å². The largest absolute Gasteiger partial charge is 0.494 e. The van der Waals surface area contributed by atoms with Gasteiger partial charge >= 0.3 is 5.97 Å². The van der Waals surface area contributed by atoms with E-state index in [0.29, 0.717) is 10.7 Å². The third-order valence-corrected chi connectivity index (χ3v) is 5.16. The van der Waals surface area contributed by atoms with Crippen LogP contribution in [0, 0.1) is 6.92 Å². The predicted molar refractivity (Wildman–Crippen MR) is 104 cm³/mol. The minimum absolute atomic E-state index is 0.356. The Labute approximate surface area is 156 Å². The number of aromatic nitrogens is 2. The first kappa shape index (κ1) is 18.1. The maximum absolute atomic E-state index is 11.9. The van der Waals surface area contributed by atoms with Crippen molar-refractivity contribution < 1.29 is 14.3 Å². The molecule has 0 aliphatic rings. The van der Waals surface area contributed by atoms with E-state index < -0.39 is 0 Å². The zero-order valence-corrected chi connectivity index (χ0v) is 15.9. The van der Waals surface area contributed by atoms with Gasteiger partial charge in [0, 0.05) is 5.69 Å². The fourth-order valence-corrected chi connectivity index (χ4v) is 3.63. The summed E-state index contributed by atoms with van der Waals surface area (Å²) in [7, 11) is 1.38. The first-order chi connectivity index (χ1) is 12.6. The van der Waals surface area contributed by atoms with E-state index in [1.165, 1.54) is 24.8 Å². The molecule has 6 nitrogen and oxygen atoms in total. The highest BCUT2D eigenvalue weighted by Gasteiger charge is 2.19. The molecule has 0 saturated carbocycles. The molecule has 0 radical (unpaired) electrons. The van der Waals surface area contributed by atoms with Crippen molar-refractivity contribution in [3.63, 3.8) is 0 Å². The number of anilines is 2. The summed E-state index contributed by atoms with van der Waals surface area (Å²) >= 11 is 1.31. The van der Waals surface area contributed by atoms with Crippen molar-refractivity contribution in [2.24, 2.45) is 0 Å². The van der Waals surface area contributed by atoms with Crippen molar-refractivity contribution in [3.8, 4) is 5.75 Å². The maximum Gasteiger partial charge on any atom is 0.348 e. The van der Waals surface area contributed by atoms with Gasteiger partial charge in [-0.3, -0.25) is 0 Å². The number of fused-ring (bicyclic) bond motifs is 1. The van der Waals surface area contributed by atoms with Crippen molar-refractivity contribution in [2.75, 3.05) is 19.0 Å². The Hall–Kier alpha value is -2.67. The average Bonchev–Trinajstić information content (AvgIpc) is 3.00. The molecule has 136 valence electrons. The molecule has 7 heteroatoms. The Bertz CT molecular complexity index is 906. The Morgan fingerprint density at radius 1 is 1.23 bits per heavy atom. The van der Waals surface area contributed by atoms with Gasteiger partial charge in [-0.25, -0.2) is 14.8 Å². The first-order valence-electron chi connectivity index (χ1n) is 8.46. The van der Waals surface area contributed by atoms with Crippen LogP contribution in [0.5, 0.6) is 5.75 Å². The van der Waals surface area contributed by atoms with Gasteiger partial charge in [0.25, 0.3) is 0 Å². The zero-order valence-electron chi connectivity index (χ0n) is 15.0. The lowest BCUT2D eigenvalue weighted by molar-refractivity contribution is 0.0605. The lowest BCUT2D eigenvalue weighted by Crippen LogP contribution is -2.00. The van der Waals surface area contributed by atoms with E-state index in [1.54, 1.807) is 0 Å². The lowest BCUT2D eigenvalue weighted by atomic mass is 10.2. The smallest absolute Gasteiger partial charge is 0.348 e. The summed E-state index contributed by atoms with van der Waals surface area (Å²) in [6, 6.07) is 7.74. The number of benzene rings is 1. The number of hydrogen-bond donors (Lipinski definition) is 1. The standard InChI is InChI=1S/C19H21N3O3S/c1-4-5-10-25-14-8-6-13(7-9-14)22-17-15-12(2)16(19(23)24-3)26-18(15)21-11-20-17/h6-9,11H,4-5,10H2,1-3H3,(H,20,21,22). The second-order valence-electron chi connectivity index (χ2n) is 5.80. The molecule has 2 heterocycles. The molecule has 0 amide bonds. The normalized spacial score (nSPS) is 10.7. The van der Waals surface area contributed by atoms with Crippen LogP contribution >= 0.6 is 11.3 Å². The maximum atomic E-state index is 11.9. The molecule has 3 aromatic rings. The fraction of sp³-hybridized carbons (Fsp3) is 0.316. The Balaban J connectivity index is 1.84. The minimum Gasteiger partial charge on any atom is -0.494 e. The van der Waals surface area contributed by atoms with Crippen LogP contribution in [0.2, 0.25) is 0 Å². The molecule has 3 rings (SSSR count). The molecule has 1 N–H and O–H groups in total. The molecule has 2 aromatic heterocycles. The number of thiophene rings is 1. The molecule has 0 saturated heterocycles. The molecule has 26 heavy (non-hydrogen) atoms. The Morgan fingerprint density at radius 2 is 2.00 bits per heavy atom. The van der Waals surface area contributed by atoms with Gasteiger partial charge in [-0.2, -0.15) is 0 Å². The lowest BCUT2D eigenvalue weighted by Gasteiger charge is -2.09. The Morgan fingerprint density at radius 3 is 2.69 bits per heavy atom. The highest BCUT2D eigenvalue weighted by molar-refractivity contribution is 7.20. The number of carbonyl (C=O) groups is 1. The summed E-state index contributed by atoms with van der Waals surface area (Å²) in [5.41, 5.74) is 1.71. The van der Waals surface area contributed by atoms with Gasteiger partial charge in [0.15, 0.2) is 0 Å². The summed E-state index contributed by atoms with van der Waals surface area (Å²) in [5, 5.41) is 4.13. The SMILES string of the molecule is CCCCOc1ccc(Nc2ncnc3sc(C(=O)OC)c(C)c23)cc1. The Kier molecular flexibility index (Phi) is 5.68. The minimum atomic E-state index is -0.356. The number of rotatable bonds is 7. The average molecular weight is 371 g/mol. The van der Waals surface area contributed by atoms with E-state index in [1.807, 2.05) is 31.2 Å². The summed E-state index contributed by atoms with van der Waals surface area (Å²) in [5.74, 6) is 1.15. The third kappa shape index (κ3) is 3.77. The van der Waals surface area contributed by atoms with E-state index in [0.717, 1.165) is 46.7 Å². The molecular weight excluding hydrogens is 350 g/mol. The van der Waals surface area contributed by atoms with Crippen LogP contribution in [0.3, 0.4) is 0 Å². The van der Waals surface area contributed by atoms with Crippen molar-refractivity contribution in [2.45, 2.75) is 26.7 Å². The molecule has 0 fully saturated rings. The highest BCUT2D eigenvalue weighted by atomic mass is 32.1. The number of aryl methyl sites for hydroxylation is 1. The van der Waals surface area contributed by atoms with Crippen molar-refractivity contribution in [1.29, 1.82) is 0 Å². The molecule has 0 spiro atoms. The van der Waals surface area contributed by atoms with Gasteiger partial charge in [-0.1, -0.05) is 13.3 Å². The second-order valence-corrected chi connectivity index (χ2v) is 6.80. The van der Waals surface area contributed by atoms with Crippen LogP contribution in [-0.2, 0) is 4.74 Å². The number of ether oxygens (including phenoxy) is 2. The van der Waals surface area contributed by atoms with Crippen LogP contribution < -0.4 is 10.1 Å². The number of nitrogens with one attached hydrogen (secondary N) is 1. The van der Waals surface area contributed by atoms with Crippen LogP contribution in [-0.4, -0.2) is 29.7 Å². The quantitative estimate of drug-likeness (QED) is 0.479. The number of hydrogen-bond acceptors (Lipinski definition) is 7. The van der Waals surface area contributed by atoms with Gasteiger partial charge in [-0.05, 0) is 43.2 Å². The number of carbonyl (C=O) groups excluding carboxylic acids is 1. The van der Waals surface area contributed by atoms with Crippen molar-refractivity contribution >= 4 is 39.0 Å². The van der Waals surface area contributed by atoms with E-state index >= 15 is 0 Å². The van der Waals surface area contributed by atoms with Gasteiger partial charge in [0.05, 0.1) is 19.1 Å². The topological polar surface area (TPSA) is 73.3 Å². The fourth-order valence-electron chi connectivity index (χ4n) is 2.56. The summed E-state index contributed by atoms with van der Waals surface area (Å²) in [6.07, 6.45) is 3.64. The molecule has 0 aliphatic carbocycles. The summed E-state index contributed by atoms with van der Waals surface area (Å²) in [4.78, 5) is 21.8. The monoisotopic (exact) mass is 371 g/mol. The van der Waals surface area contributed by atoms with Crippen LogP contribution in [0.15, 0.2) is 30.6 Å². The molecule has 0 unspecified atom stereocenters. The van der Waals surface area contributed by atoms with Gasteiger partial charge in [0.1, 0.15) is 27.6 Å². The zero-order chi connectivity index (χ0) is 18.5. The van der Waals surface area contributed by atoms with Gasteiger partial charge < -0.3 is 14.8 Å². The molecule has 0 aliphatic heterocycles. The molecule has 0 atom stereocenters. The summed E-state index contributed by atoms with van der Waals surface area (Å²) < 4.78 is 10.5. The molecule has 1 aromatic carbocycles. The third-order valence-electron chi connectivity index (χ3n) is 3.98. The molecular formula is C19H21N3O3S. The van der Waals surface area contributed by atoms with Crippen LogP contribution in [0.25, 0.3) is 10.2 Å². The first-order valence-corrected chi connectivity index (χ1v) is 9.28. The van der Waals surface area contributed by atoms with E-state index in [9.17, 15) is 4.79 Å². The second kappa shape index (κ2) is 8.14. The summed E-state index contributed by atoms with van der Waals surface area (Å²) in [6.45, 7) is 4.74. The van der Waals surface area contributed by atoms with Gasteiger partial charge in [0.2, 0.25) is 0 Å². The predicted octanol–water partition coefficient (Wildman–Crippen LogP) is 4.71. The van der Waals surface area contributed by atoms with Crippen LogP contribution in [0.1, 0.15) is 35.0 Å². The number of esters is 1. The molecule has 0 bridgehead atoms. The number of nitrogens with zero attached hydrogens (tertiary/aromatic N) is 2. The number of methoxy groups -OCH3 is 1. The van der Waals surface area contributed by atoms with Gasteiger partial charge in [-0.15, -0.1) is 11.3 Å². The van der Waals surface area contributed by atoms with Crippen molar-refractivity contribution in [1.82, 2.24) is 9.97 Å². The number of unbranched alkanes of at least 4 members (excludes halogenated alkanes) is 1. The van der Waals surface area contributed by atoms with Crippen LogP contribution in [0.4, 0.5) is 11.5 Å². The van der Waals surface area contributed by atoms with Crippen molar-refractivity contribution in [3.05, 3.63) is 41.0 Å². The van der Waals surface area contributed by atoms with E-state index in [2.05, 4.69) is 22.2 Å². The van der Waals surface area contributed by atoms with E-state index in [4.69, 9.17) is 9.47 Å². The highest BCUT2D eigenvalue weighted by Crippen LogP contribution is 2.34.